The summed E-state index contributed by atoms with van der Waals surface area (Å²) in [6, 6.07) is 6.87. The summed E-state index contributed by atoms with van der Waals surface area (Å²) in [6.07, 6.45) is 4.49. The molecule has 6 atom stereocenters. The van der Waals surface area contributed by atoms with E-state index < -0.39 is 30.9 Å². The quantitative estimate of drug-likeness (QED) is 0.346. The van der Waals surface area contributed by atoms with Crippen molar-refractivity contribution in [2.24, 2.45) is 0 Å². The van der Waals surface area contributed by atoms with Crippen LogP contribution in [-0.4, -0.2) is 50.0 Å². The Kier molecular flexibility index (Phi) is 6.87. The van der Waals surface area contributed by atoms with Gasteiger partial charge in [0.15, 0.2) is 0 Å². The number of hydrogen-bond donors (Lipinski definition) is 1. The van der Waals surface area contributed by atoms with Gasteiger partial charge in [-0.15, -0.1) is 0 Å². The number of aromatic amines is 1. The Hall–Kier alpha value is -2.43. The number of hydrogen-bond acceptors (Lipinski definition) is 8. The maximum Gasteiger partial charge on any atom is 0.330 e. The van der Waals surface area contributed by atoms with E-state index in [9.17, 15) is 19.7 Å². The molecule has 0 bridgehead atoms. The number of aryl methyl sites for hydroxylation is 1. The molecule has 3 fully saturated rings. The molecule has 0 aliphatic carbocycles. The first kappa shape index (κ1) is 24.3. The summed E-state index contributed by atoms with van der Waals surface area (Å²) in [4.78, 5) is 37.0. The fourth-order valence-corrected chi connectivity index (χ4v) is 7.11. The van der Waals surface area contributed by atoms with E-state index in [4.69, 9.17) is 13.8 Å². The average Bonchev–Trinajstić information content (AvgIpc) is 3.54. The van der Waals surface area contributed by atoms with Gasteiger partial charge in [0.2, 0.25) is 0 Å². The Morgan fingerprint density at radius 1 is 1.26 bits per heavy atom. The molecule has 12 heteroatoms. The minimum atomic E-state index is -1.29. The number of H-pyrrole nitrogens is 1. The summed E-state index contributed by atoms with van der Waals surface area (Å²) >= 11 is 0. The maximum absolute atomic E-state index is 12.4. The SMILES string of the molecule is CC[C@H]1O[C@@H](n2cc(C)c(=O)[nH]c2=O)CC1O[P@]1O[C@@H](Cc2ccc([N+](=O)[O-])cc2)[C@H]2CCCN21. The highest BCUT2D eigenvalue weighted by Crippen LogP contribution is 2.58. The lowest BCUT2D eigenvalue weighted by Gasteiger charge is -2.25. The molecule has 0 radical (unpaired) electrons. The zero-order chi connectivity index (χ0) is 24.7. The van der Waals surface area contributed by atoms with Crippen molar-refractivity contribution in [3.63, 3.8) is 0 Å². The minimum absolute atomic E-state index is 0.0484. The van der Waals surface area contributed by atoms with E-state index in [2.05, 4.69) is 9.65 Å². The molecule has 1 N–H and O–H groups in total. The predicted molar refractivity (Wildman–Crippen MR) is 128 cm³/mol. The van der Waals surface area contributed by atoms with Crippen LogP contribution in [-0.2, 0) is 20.2 Å². The second kappa shape index (κ2) is 9.91. The molecule has 1 aromatic heterocycles. The molecule has 3 saturated heterocycles. The number of non-ortho nitro benzene ring substituents is 1. The van der Waals surface area contributed by atoms with E-state index in [1.807, 2.05) is 6.92 Å². The van der Waals surface area contributed by atoms with Crippen LogP contribution in [0.5, 0.6) is 0 Å². The molecule has 0 spiro atoms. The Labute approximate surface area is 203 Å². The van der Waals surface area contributed by atoms with E-state index >= 15 is 0 Å². The molecule has 5 rings (SSSR count). The van der Waals surface area contributed by atoms with Crippen molar-refractivity contribution < 1.29 is 18.7 Å². The summed E-state index contributed by atoms with van der Waals surface area (Å²) < 4.78 is 22.8. The number of aromatic nitrogens is 2. The third-order valence-corrected chi connectivity index (χ3v) is 8.80. The van der Waals surface area contributed by atoms with Crippen LogP contribution < -0.4 is 11.2 Å². The number of benzene rings is 1. The van der Waals surface area contributed by atoms with E-state index in [0.29, 0.717) is 18.4 Å². The molecular weight excluding hydrogens is 475 g/mol. The Morgan fingerprint density at radius 3 is 2.74 bits per heavy atom. The van der Waals surface area contributed by atoms with Gasteiger partial charge in [-0.3, -0.25) is 24.5 Å². The van der Waals surface area contributed by atoms with E-state index in [1.54, 1.807) is 19.1 Å². The van der Waals surface area contributed by atoms with Gasteiger partial charge in [0.05, 0.1) is 23.2 Å². The Morgan fingerprint density at radius 2 is 2.03 bits per heavy atom. The number of nitro benzene ring substituents is 1. The van der Waals surface area contributed by atoms with Crippen LogP contribution in [0.15, 0.2) is 40.1 Å². The van der Waals surface area contributed by atoms with E-state index in [-0.39, 0.29) is 30.0 Å². The Balaban J connectivity index is 1.28. The summed E-state index contributed by atoms with van der Waals surface area (Å²) in [5.41, 5.74) is 0.626. The standard InChI is InChI=1S/C23H29N4O7P/c1-3-18-20(12-21(32-18)25-13-14(2)22(28)24-23(25)29)34-35-26-10-4-5-17(26)19(33-35)11-15-6-8-16(9-7-15)27(30)31/h6-9,13,17-21H,3-5,10-12H2,1-2H3,(H,24,28,29)/t17-,18-,19+,20?,21-,35+/m1/s1. The second-order valence-corrected chi connectivity index (χ2v) is 10.7. The van der Waals surface area contributed by atoms with E-state index in [1.165, 1.54) is 22.9 Å². The van der Waals surface area contributed by atoms with Crippen LogP contribution in [0.2, 0.25) is 0 Å². The normalized spacial score (nSPS) is 30.6. The molecule has 0 saturated carbocycles. The molecule has 11 nitrogen and oxygen atoms in total. The lowest BCUT2D eigenvalue weighted by Crippen LogP contribution is -2.33. The van der Waals surface area contributed by atoms with Gasteiger partial charge < -0.3 is 13.8 Å². The molecule has 2 aromatic rings. The van der Waals surface area contributed by atoms with Gasteiger partial charge in [0.25, 0.3) is 19.8 Å². The van der Waals surface area contributed by atoms with Crippen LogP contribution in [0.3, 0.4) is 0 Å². The largest absolute Gasteiger partial charge is 0.352 e. The third-order valence-electron chi connectivity index (χ3n) is 6.98. The Bertz CT molecular complexity index is 1200. The fourth-order valence-electron chi connectivity index (χ4n) is 5.11. The van der Waals surface area contributed by atoms with Crippen molar-refractivity contribution in [1.29, 1.82) is 0 Å². The second-order valence-electron chi connectivity index (χ2n) is 9.28. The molecule has 4 heterocycles. The van der Waals surface area contributed by atoms with Crippen LogP contribution >= 0.6 is 8.53 Å². The molecule has 0 amide bonds. The van der Waals surface area contributed by atoms with Gasteiger partial charge in [-0.05, 0) is 31.7 Å². The lowest BCUT2D eigenvalue weighted by molar-refractivity contribution is -0.384. The number of ether oxygens (including phenoxy) is 1. The molecule has 35 heavy (non-hydrogen) atoms. The summed E-state index contributed by atoms with van der Waals surface area (Å²) in [7, 11) is -1.29. The van der Waals surface area contributed by atoms with Crippen LogP contribution in [0.4, 0.5) is 5.69 Å². The summed E-state index contributed by atoms with van der Waals surface area (Å²) in [5.74, 6) is 0. The molecule has 1 unspecified atom stereocenters. The highest BCUT2D eigenvalue weighted by Gasteiger charge is 2.49. The molecular formula is C23H29N4O7P. The predicted octanol–water partition coefficient (Wildman–Crippen LogP) is 3.17. The summed E-state index contributed by atoms with van der Waals surface area (Å²) in [6.45, 7) is 4.58. The number of nitro groups is 1. The number of nitrogens with one attached hydrogen (secondary N) is 1. The zero-order valence-electron chi connectivity index (χ0n) is 19.7. The average molecular weight is 504 g/mol. The first-order chi connectivity index (χ1) is 16.8. The van der Waals surface area contributed by atoms with Gasteiger partial charge in [0, 0.05) is 49.3 Å². The van der Waals surface area contributed by atoms with Gasteiger partial charge >= 0.3 is 5.69 Å². The van der Waals surface area contributed by atoms with Gasteiger partial charge in [0.1, 0.15) is 6.23 Å². The maximum atomic E-state index is 12.4. The van der Waals surface area contributed by atoms with Crippen molar-refractivity contribution in [3.05, 3.63) is 72.5 Å². The fraction of sp³-hybridized carbons (Fsp3) is 0.565. The van der Waals surface area contributed by atoms with Crippen molar-refractivity contribution in [2.45, 2.75) is 76.5 Å². The van der Waals surface area contributed by atoms with Crippen molar-refractivity contribution in [2.75, 3.05) is 6.54 Å². The van der Waals surface area contributed by atoms with Crippen LogP contribution in [0.25, 0.3) is 0 Å². The van der Waals surface area contributed by atoms with Crippen molar-refractivity contribution in [3.8, 4) is 0 Å². The van der Waals surface area contributed by atoms with Crippen molar-refractivity contribution in [1.82, 2.24) is 14.2 Å². The lowest BCUT2D eigenvalue weighted by atomic mass is 10.0. The van der Waals surface area contributed by atoms with Gasteiger partial charge in [-0.25, -0.2) is 9.46 Å². The van der Waals surface area contributed by atoms with Crippen molar-refractivity contribution >= 4 is 14.2 Å². The molecule has 3 aliphatic heterocycles. The van der Waals surface area contributed by atoms with E-state index in [0.717, 1.165) is 31.4 Å². The summed E-state index contributed by atoms with van der Waals surface area (Å²) in [5, 5.41) is 10.9. The number of rotatable bonds is 7. The van der Waals surface area contributed by atoms with Crippen LogP contribution in [0.1, 0.15) is 50.0 Å². The minimum Gasteiger partial charge on any atom is -0.352 e. The first-order valence-corrected chi connectivity index (χ1v) is 13.1. The zero-order valence-corrected chi connectivity index (χ0v) is 20.6. The molecule has 188 valence electrons. The molecule has 3 aliphatic rings. The number of nitrogens with zero attached hydrogens (tertiary/aromatic N) is 3. The number of fused-ring (bicyclic) bond motifs is 1. The first-order valence-electron chi connectivity index (χ1n) is 11.9. The van der Waals surface area contributed by atoms with Gasteiger partial charge in [-0.2, -0.15) is 0 Å². The highest BCUT2D eigenvalue weighted by atomic mass is 31.2. The molecule has 1 aromatic carbocycles. The van der Waals surface area contributed by atoms with Gasteiger partial charge in [-0.1, -0.05) is 19.1 Å². The monoisotopic (exact) mass is 504 g/mol. The smallest absolute Gasteiger partial charge is 0.330 e. The topological polar surface area (TPSA) is 129 Å². The van der Waals surface area contributed by atoms with Crippen LogP contribution in [0, 0.1) is 17.0 Å². The highest BCUT2D eigenvalue weighted by molar-refractivity contribution is 7.45. The third kappa shape index (κ3) is 4.83.